The molecular weight excluding hydrogens is 531 g/mol. The Balaban J connectivity index is 1.27. The van der Waals surface area contributed by atoms with Crippen LogP contribution in [0.15, 0.2) is 48.9 Å². The molecule has 3 aromatic rings. The molecule has 2 bridgehead atoms. The number of ether oxygens (including phenoxy) is 1. The van der Waals surface area contributed by atoms with E-state index < -0.39 is 0 Å². The van der Waals surface area contributed by atoms with Gasteiger partial charge in [-0.3, -0.25) is 14.4 Å². The van der Waals surface area contributed by atoms with Gasteiger partial charge in [-0.1, -0.05) is 6.07 Å². The fraction of sp³-hybridized carbons (Fsp3) is 0.559. The topological polar surface area (TPSA) is 80.5 Å². The lowest BCUT2D eigenvalue weighted by Crippen LogP contribution is -2.52. The van der Waals surface area contributed by atoms with Gasteiger partial charge in [0.05, 0.1) is 19.4 Å². The molecule has 2 heterocycles. The molecule has 8 heteroatoms. The van der Waals surface area contributed by atoms with E-state index in [4.69, 9.17) is 9.72 Å². The third kappa shape index (κ3) is 5.46. The standard InChI is InChI=1S/C34H43FN4O3/c1-23(2)39-21-26(20-37-39)25-10-17-36-31(18-25)38(32(41)24-4-7-28(40)8-5-24)22-33-11-14-34(15-12-33,16-13-33)27-6-9-30(42-3)29(35)19-27/h6,9-10,17-21,23-24,28,40H,4-5,7-8,11-16,22H2,1-3H3. The van der Waals surface area contributed by atoms with Gasteiger partial charge in [-0.2, -0.15) is 5.10 Å². The number of pyridine rings is 1. The Kier molecular flexibility index (Phi) is 7.85. The Morgan fingerprint density at radius 3 is 2.40 bits per heavy atom. The monoisotopic (exact) mass is 574 g/mol. The van der Waals surface area contributed by atoms with Crippen LogP contribution in [0.1, 0.15) is 89.7 Å². The van der Waals surface area contributed by atoms with E-state index >= 15 is 0 Å². The maximum Gasteiger partial charge on any atom is 0.231 e. The average Bonchev–Trinajstić information content (AvgIpc) is 3.52. The smallest absolute Gasteiger partial charge is 0.231 e. The van der Waals surface area contributed by atoms with Crippen LogP contribution in [0, 0.1) is 17.2 Å². The second-order valence-corrected chi connectivity index (χ2v) is 13.3. The van der Waals surface area contributed by atoms with Gasteiger partial charge in [-0.15, -0.1) is 0 Å². The quantitative estimate of drug-likeness (QED) is 0.318. The molecule has 1 aromatic carbocycles. The van der Waals surface area contributed by atoms with Crippen LogP contribution in [0.2, 0.25) is 0 Å². The van der Waals surface area contributed by atoms with Crippen molar-refractivity contribution in [2.45, 2.75) is 95.6 Å². The highest BCUT2D eigenvalue weighted by Gasteiger charge is 2.51. The molecule has 7 rings (SSSR count). The van der Waals surface area contributed by atoms with Crippen molar-refractivity contribution in [2.75, 3.05) is 18.6 Å². The number of nitrogens with zero attached hydrogens (tertiary/aromatic N) is 4. The molecule has 224 valence electrons. The summed E-state index contributed by atoms with van der Waals surface area (Å²) in [6.45, 7) is 4.84. The lowest BCUT2D eigenvalue weighted by molar-refractivity contribution is -0.124. The molecule has 0 atom stereocenters. The molecule has 42 heavy (non-hydrogen) atoms. The zero-order valence-corrected chi connectivity index (χ0v) is 25.1. The Morgan fingerprint density at radius 1 is 1.07 bits per heavy atom. The molecule has 4 fully saturated rings. The van der Waals surface area contributed by atoms with Crippen molar-refractivity contribution in [3.05, 3.63) is 60.3 Å². The lowest BCUT2D eigenvalue weighted by atomic mass is 9.51. The first-order chi connectivity index (χ1) is 20.2. The Morgan fingerprint density at radius 2 is 1.79 bits per heavy atom. The van der Waals surface area contributed by atoms with Crippen LogP contribution in [0.25, 0.3) is 11.1 Å². The second kappa shape index (κ2) is 11.4. The van der Waals surface area contributed by atoms with Gasteiger partial charge < -0.3 is 9.84 Å². The SMILES string of the molecule is COc1ccc(C23CCC(CN(C(=O)C4CCC(O)CC4)c4cc(-c5cnn(C(C)C)c5)ccn4)(CC2)CC3)cc1F. The number of rotatable bonds is 8. The zero-order valence-electron chi connectivity index (χ0n) is 25.1. The summed E-state index contributed by atoms with van der Waals surface area (Å²) in [5, 5.41) is 14.6. The summed E-state index contributed by atoms with van der Waals surface area (Å²) < 4.78 is 21.7. The second-order valence-electron chi connectivity index (χ2n) is 13.3. The largest absolute Gasteiger partial charge is 0.494 e. The number of benzene rings is 1. The lowest BCUT2D eigenvalue weighted by Gasteiger charge is -2.55. The van der Waals surface area contributed by atoms with E-state index in [-0.39, 0.29) is 46.4 Å². The van der Waals surface area contributed by atoms with E-state index in [2.05, 4.69) is 18.9 Å². The molecule has 0 radical (unpaired) electrons. The number of halogens is 1. The van der Waals surface area contributed by atoms with Crippen LogP contribution >= 0.6 is 0 Å². The molecular formula is C34H43FN4O3. The molecule has 1 amide bonds. The first-order valence-corrected chi connectivity index (χ1v) is 15.5. The number of methoxy groups -OCH3 is 1. The molecule has 7 nitrogen and oxygen atoms in total. The van der Waals surface area contributed by atoms with Gasteiger partial charge in [0.25, 0.3) is 0 Å². The van der Waals surface area contributed by atoms with Crippen LogP contribution in [0.3, 0.4) is 0 Å². The average molecular weight is 575 g/mol. The van der Waals surface area contributed by atoms with E-state index in [0.717, 1.165) is 55.2 Å². The van der Waals surface area contributed by atoms with Crippen molar-refractivity contribution < 1.29 is 19.0 Å². The molecule has 4 saturated carbocycles. The number of hydrogen-bond acceptors (Lipinski definition) is 5. The molecule has 4 aliphatic carbocycles. The van der Waals surface area contributed by atoms with Gasteiger partial charge in [0.15, 0.2) is 11.6 Å². The minimum absolute atomic E-state index is 0.0107. The Labute approximate surface area is 248 Å². The summed E-state index contributed by atoms with van der Waals surface area (Å²) in [5.41, 5.74) is 3.06. The third-order valence-corrected chi connectivity index (χ3v) is 10.5. The summed E-state index contributed by atoms with van der Waals surface area (Å²) >= 11 is 0. The molecule has 0 unspecified atom stereocenters. The van der Waals surface area contributed by atoms with Gasteiger partial charge in [-0.05, 0) is 124 Å². The maximum atomic E-state index is 14.6. The highest BCUT2D eigenvalue weighted by molar-refractivity contribution is 5.95. The third-order valence-electron chi connectivity index (χ3n) is 10.5. The molecule has 0 aliphatic heterocycles. The predicted molar refractivity (Wildman–Crippen MR) is 161 cm³/mol. The van der Waals surface area contributed by atoms with Crippen molar-refractivity contribution in [1.29, 1.82) is 0 Å². The van der Waals surface area contributed by atoms with Crippen molar-refractivity contribution in [3.63, 3.8) is 0 Å². The molecule has 4 aliphatic rings. The number of hydrogen-bond donors (Lipinski definition) is 1. The van der Waals surface area contributed by atoms with Gasteiger partial charge in [0, 0.05) is 36.5 Å². The highest BCUT2D eigenvalue weighted by atomic mass is 19.1. The van der Waals surface area contributed by atoms with Gasteiger partial charge in [0.1, 0.15) is 5.82 Å². The van der Waals surface area contributed by atoms with Gasteiger partial charge in [-0.25, -0.2) is 9.37 Å². The van der Waals surface area contributed by atoms with Crippen LogP contribution < -0.4 is 9.64 Å². The van der Waals surface area contributed by atoms with E-state index in [1.165, 1.54) is 7.11 Å². The predicted octanol–water partition coefficient (Wildman–Crippen LogP) is 6.85. The highest BCUT2D eigenvalue weighted by Crippen LogP contribution is 2.58. The number of aliphatic hydroxyl groups is 1. The van der Waals surface area contributed by atoms with Crippen molar-refractivity contribution in [3.8, 4) is 16.9 Å². The Bertz CT molecular complexity index is 1400. The van der Waals surface area contributed by atoms with E-state index in [1.807, 2.05) is 40.2 Å². The maximum absolute atomic E-state index is 14.6. The summed E-state index contributed by atoms with van der Waals surface area (Å²) in [6, 6.07) is 9.72. The number of amides is 1. The summed E-state index contributed by atoms with van der Waals surface area (Å²) in [6.07, 6.45) is 14.1. The minimum Gasteiger partial charge on any atom is -0.494 e. The van der Waals surface area contributed by atoms with Crippen LogP contribution in [0.5, 0.6) is 5.75 Å². The fourth-order valence-corrected chi connectivity index (χ4v) is 7.60. The first-order valence-electron chi connectivity index (χ1n) is 15.5. The number of carbonyl (C=O) groups is 1. The fourth-order valence-electron chi connectivity index (χ4n) is 7.60. The van der Waals surface area contributed by atoms with Crippen LogP contribution in [0.4, 0.5) is 10.2 Å². The normalized spacial score (nSPS) is 27.3. The molecule has 1 N–H and O–H groups in total. The van der Waals surface area contributed by atoms with E-state index in [1.54, 1.807) is 18.3 Å². The van der Waals surface area contributed by atoms with E-state index in [0.29, 0.717) is 38.0 Å². The van der Waals surface area contributed by atoms with Crippen molar-refractivity contribution in [1.82, 2.24) is 14.8 Å². The van der Waals surface area contributed by atoms with Crippen molar-refractivity contribution in [2.24, 2.45) is 11.3 Å². The number of carbonyl (C=O) groups excluding carboxylic acids is 1. The number of aliphatic hydroxyl groups excluding tert-OH is 1. The minimum atomic E-state index is -0.312. The number of anilines is 1. The summed E-state index contributed by atoms with van der Waals surface area (Å²) in [4.78, 5) is 20.9. The number of aromatic nitrogens is 3. The Hall–Kier alpha value is -3.26. The van der Waals surface area contributed by atoms with Gasteiger partial charge >= 0.3 is 0 Å². The van der Waals surface area contributed by atoms with Gasteiger partial charge in [0.2, 0.25) is 5.91 Å². The molecule has 0 saturated heterocycles. The molecule has 2 aromatic heterocycles. The summed E-state index contributed by atoms with van der Waals surface area (Å²) in [7, 11) is 1.50. The van der Waals surface area contributed by atoms with E-state index in [9.17, 15) is 14.3 Å². The van der Waals surface area contributed by atoms with Crippen LogP contribution in [-0.4, -0.2) is 45.5 Å². The first kappa shape index (κ1) is 28.8. The summed E-state index contributed by atoms with van der Waals surface area (Å²) in [5.74, 6) is 0.693. The molecule has 0 spiro atoms. The van der Waals surface area contributed by atoms with Crippen LogP contribution in [-0.2, 0) is 10.2 Å². The van der Waals surface area contributed by atoms with Crippen molar-refractivity contribution >= 4 is 11.7 Å². The zero-order chi connectivity index (χ0) is 29.5. The number of fused-ring (bicyclic) bond motifs is 3.